The Balaban J connectivity index is 1.82. The molecule has 1 aromatic carbocycles. The van der Waals surface area contributed by atoms with Crippen molar-refractivity contribution in [3.63, 3.8) is 0 Å². The number of halogens is 2. The van der Waals surface area contributed by atoms with E-state index in [0.717, 1.165) is 0 Å². The van der Waals surface area contributed by atoms with E-state index in [9.17, 15) is 8.78 Å². The predicted octanol–water partition coefficient (Wildman–Crippen LogP) is 2.58. The largest absolute Gasteiger partial charge is 0.586 e. The average molecular weight is 280 g/mol. The van der Waals surface area contributed by atoms with Crippen molar-refractivity contribution >= 4 is 17.5 Å². The van der Waals surface area contributed by atoms with E-state index in [2.05, 4.69) is 30.1 Å². The zero-order valence-corrected chi connectivity index (χ0v) is 10.4. The van der Waals surface area contributed by atoms with Gasteiger partial charge in [-0.1, -0.05) is 0 Å². The van der Waals surface area contributed by atoms with Gasteiger partial charge < -0.3 is 20.1 Å². The van der Waals surface area contributed by atoms with E-state index in [1.54, 1.807) is 25.4 Å². The van der Waals surface area contributed by atoms with Crippen molar-refractivity contribution in [2.45, 2.75) is 6.29 Å². The second-order valence-corrected chi connectivity index (χ2v) is 3.97. The van der Waals surface area contributed by atoms with E-state index in [4.69, 9.17) is 0 Å². The minimum absolute atomic E-state index is 0.000786. The second-order valence-electron chi connectivity index (χ2n) is 3.97. The van der Waals surface area contributed by atoms with Crippen LogP contribution in [-0.2, 0) is 0 Å². The molecule has 0 saturated heterocycles. The molecule has 0 atom stereocenters. The fourth-order valence-electron chi connectivity index (χ4n) is 1.72. The first-order valence-electron chi connectivity index (χ1n) is 5.73. The summed E-state index contributed by atoms with van der Waals surface area (Å²) in [6.07, 6.45) is -2.04. The molecule has 1 aliphatic heterocycles. The van der Waals surface area contributed by atoms with Gasteiger partial charge in [0.05, 0.1) is 0 Å². The highest BCUT2D eigenvalue weighted by Crippen LogP contribution is 2.42. The van der Waals surface area contributed by atoms with Gasteiger partial charge in [0.2, 0.25) is 5.95 Å². The Hall–Kier alpha value is -2.64. The summed E-state index contributed by atoms with van der Waals surface area (Å²) in [6.45, 7) is 0. The summed E-state index contributed by atoms with van der Waals surface area (Å²) in [5.74, 6) is 0.944. The highest BCUT2D eigenvalue weighted by Gasteiger charge is 2.43. The average Bonchev–Trinajstić information content (AvgIpc) is 2.72. The monoisotopic (exact) mass is 280 g/mol. The van der Waals surface area contributed by atoms with Gasteiger partial charge >= 0.3 is 6.29 Å². The summed E-state index contributed by atoms with van der Waals surface area (Å²) in [6, 6.07) is 6.06. The van der Waals surface area contributed by atoms with E-state index >= 15 is 0 Å². The zero-order chi connectivity index (χ0) is 14.2. The van der Waals surface area contributed by atoms with Crippen molar-refractivity contribution in [2.75, 3.05) is 17.7 Å². The second kappa shape index (κ2) is 4.48. The van der Waals surface area contributed by atoms with Crippen molar-refractivity contribution in [3.8, 4) is 11.5 Å². The lowest BCUT2D eigenvalue weighted by Gasteiger charge is -2.07. The van der Waals surface area contributed by atoms with Crippen LogP contribution < -0.4 is 20.1 Å². The Morgan fingerprint density at radius 2 is 1.95 bits per heavy atom. The van der Waals surface area contributed by atoms with Gasteiger partial charge in [-0.25, -0.2) is 4.98 Å². The van der Waals surface area contributed by atoms with E-state index in [-0.39, 0.29) is 11.5 Å². The normalized spacial score (nSPS) is 14.9. The number of alkyl halides is 2. The molecular formula is C12H10F2N4O2. The molecule has 2 N–H and O–H groups in total. The molecule has 0 radical (unpaired) electrons. The lowest BCUT2D eigenvalue weighted by Crippen LogP contribution is -2.25. The van der Waals surface area contributed by atoms with Crippen LogP contribution in [0.2, 0.25) is 0 Å². The third-order valence-corrected chi connectivity index (χ3v) is 2.55. The first-order chi connectivity index (χ1) is 9.55. The number of nitrogens with one attached hydrogen (secondary N) is 2. The lowest BCUT2D eigenvalue weighted by molar-refractivity contribution is -0.286. The first-order valence-corrected chi connectivity index (χ1v) is 5.73. The maximum atomic E-state index is 12.9. The van der Waals surface area contributed by atoms with E-state index in [1.165, 1.54) is 12.1 Å². The first kappa shape index (κ1) is 12.4. The molecule has 1 aliphatic rings. The third kappa shape index (κ3) is 2.40. The maximum Gasteiger partial charge on any atom is 0.586 e. The molecule has 1 aromatic heterocycles. The van der Waals surface area contributed by atoms with Gasteiger partial charge in [-0.15, -0.1) is 8.78 Å². The van der Waals surface area contributed by atoms with Gasteiger partial charge in [0.15, 0.2) is 11.5 Å². The molecule has 3 rings (SSSR count). The number of aromatic nitrogens is 2. The molecule has 2 heterocycles. The molecule has 0 saturated carbocycles. The van der Waals surface area contributed by atoms with Crippen LogP contribution in [0.3, 0.4) is 0 Å². The van der Waals surface area contributed by atoms with Crippen LogP contribution in [0.4, 0.5) is 26.2 Å². The van der Waals surface area contributed by atoms with Gasteiger partial charge in [-0.2, -0.15) is 4.98 Å². The quantitative estimate of drug-likeness (QED) is 0.900. The van der Waals surface area contributed by atoms with Gasteiger partial charge in [0, 0.05) is 25.0 Å². The topological polar surface area (TPSA) is 68.3 Å². The van der Waals surface area contributed by atoms with Gasteiger partial charge in [0.1, 0.15) is 5.82 Å². The molecule has 2 aromatic rings. The highest BCUT2D eigenvalue weighted by atomic mass is 19.3. The smallest absolute Gasteiger partial charge is 0.395 e. The molecule has 20 heavy (non-hydrogen) atoms. The van der Waals surface area contributed by atoms with Crippen LogP contribution in [0.15, 0.2) is 30.5 Å². The lowest BCUT2D eigenvalue weighted by atomic mass is 10.3. The Labute approximate surface area is 112 Å². The van der Waals surface area contributed by atoms with Crippen molar-refractivity contribution in [2.24, 2.45) is 0 Å². The van der Waals surface area contributed by atoms with Crippen molar-refractivity contribution in [1.29, 1.82) is 0 Å². The number of ether oxygens (including phenoxy) is 2. The van der Waals surface area contributed by atoms with Crippen LogP contribution in [0.25, 0.3) is 0 Å². The molecule has 0 amide bonds. The van der Waals surface area contributed by atoms with Gasteiger partial charge in [-0.3, -0.25) is 0 Å². The summed E-state index contributed by atoms with van der Waals surface area (Å²) in [7, 11) is 1.70. The molecular weight excluding hydrogens is 270 g/mol. The highest BCUT2D eigenvalue weighted by molar-refractivity contribution is 5.62. The molecule has 0 unspecified atom stereocenters. The Morgan fingerprint density at radius 1 is 1.15 bits per heavy atom. The summed E-state index contributed by atoms with van der Waals surface area (Å²) in [5.41, 5.74) is 0.547. The third-order valence-electron chi connectivity index (χ3n) is 2.55. The Morgan fingerprint density at radius 3 is 2.75 bits per heavy atom. The van der Waals surface area contributed by atoms with Gasteiger partial charge in [0.25, 0.3) is 0 Å². The van der Waals surface area contributed by atoms with Crippen molar-refractivity contribution < 1.29 is 18.3 Å². The molecule has 0 spiro atoms. The van der Waals surface area contributed by atoms with Crippen molar-refractivity contribution in [1.82, 2.24) is 9.97 Å². The maximum absolute atomic E-state index is 12.9. The number of benzene rings is 1. The summed E-state index contributed by atoms with van der Waals surface area (Å²) in [5, 5.41) is 5.76. The predicted molar refractivity (Wildman–Crippen MR) is 67.5 cm³/mol. The minimum atomic E-state index is -3.62. The number of fused-ring (bicyclic) bond motifs is 1. The van der Waals surface area contributed by atoms with Crippen LogP contribution in [0.1, 0.15) is 0 Å². The van der Waals surface area contributed by atoms with Crippen LogP contribution in [0.5, 0.6) is 11.5 Å². The summed E-state index contributed by atoms with van der Waals surface area (Å²) < 4.78 is 34.5. The molecule has 0 fully saturated rings. The van der Waals surface area contributed by atoms with E-state index < -0.39 is 6.29 Å². The van der Waals surface area contributed by atoms with Crippen LogP contribution in [0, 0.1) is 0 Å². The zero-order valence-electron chi connectivity index (χ0n) is 10.4. The van der Waals surface area contributed by atoms with Crippen LogP contribution >= 0.6 is 0 Å². The number of hydrogen-bond acceptors (Lipinski definition) is 6. The number of nitrogens with zero attached hydrogens (tertiary/aromatic N) is 2. The minimum Gasteiger partial charge on any atom is -0.395 e. The molecule has 104 valence electrons. The number of hydrogen-bond donors (Lipinski definition) is 2. The molecule has 0 bridgehead atoms. The number of anilines is 3. The molecule has 6 nitrogen and oxygen atoms in total. The fraction of sp³-hybridized carbons (Fsp3) is 0.167. The van der Waals surface area contributed by atoms with Crippen molar-refractivity contribution in [3.05, 3.63) is 30.5 Å². The Bertz CT molecular complexity index is 651. The van der Waals surface area contributed by atoms with Gasteiger partial charge in [-0.05, 0) is 18.2 Å². The molecule has 8 heteroatoms. The van der Waals surface area contributed by atoms with Crippen LogP contribution in [-0.4, -0.2) is 23.3 Å². The Kier molecular flexibility index (Phi) is 2.78. The standard InChI is InChI=1S/C12H10F2N4O2/c1-15-11-16-5-4-10(18-11)17-7-2-3-8-9(6-7)20-12(13,14)19-8/h2-6H,1H3,(H2,15,16,17,18). The SMILES string of the molecule is CNc1nccc(Nc2ccc3c(c2)OC(F)(F)O3)n1. The number of rotatable bonds is 3. The van der Waals surface area contributed by atoms with E-state index in [0.29, 0.717) is 17.5 Å². The molecule has 0 aliphatic carbocycles. The van der Waals surface area contributed by atoms with E-state index in [1.807, 2.05) is 0 Å². The fourth-order valence-corrected chi connectivity index (χ4v) is 1.72. The summed E-state index contributed by atoms with van der Waals surface area (Å²) >= 11 is 0. The summed E-state index contributed by atoms with van der Waals surface area (Å²) in [4.78, 5) is 8.13.